The minimum absolute atomic E-state index is 0.0733. The van der Waals surface area contributed by atoms with Gasteiger partial charge in [0.2, 0.25) is 5.91 Å². The number of piperidine rings is 1. The first kappa shape index (κ1) is 23.7. The number of ether oxygens (including phenoxy) is 1. The van der Waals surface area contributed by atoms with Crippen molar-refractivity contribution in [3.05, 3.63) is 76.2 Å². The van der Waals surface area contributed by atoms with Gasteiger partial charge < -0.3 is 14.6 Å². The fourth-order valence-electron chi connectivity index (χ4n) is 4.32. The average Bonchev–Trinajstić information content (AvgIpc) is 2.88. The number of H-pyrrole nitrogens is 1. The number of carbonyl (C=O) groups excluding carboxylic acids is 1. The molecule has 1 aliphatic rings. The molecule has 7 heteroatoms. The van der Waals surface area contributed by atoms with Gasteiger partial charge in [0.1, 0.15) is 11.4 Å². The van der Waals surface area contributed by atoms with E-state index in [0.29, 0.717) is 18.3 Å². The monoisotopic (exact) mass is 460 g/mol. The van der Waals surface area contributed by atoms with Crippen LogP contribution in [0.1, 0.15) is 43.9 Å². The van der Waals surface area contributed by atoms with Gasteiger partial charge in [0.15, 0.2) is 5.82 Å². The van der Waals surface area contributed by atoms with E-state index >= 15 is 0 Å². The molecule has 1 amide bonds. The highest BCUT2D eigenvalue weighted by molar-refractivity contribution is 5.76. The summed E-state index contributed by atoms with van der Waals surface area (Å²) in [4.78, 5) is 30.0. The number of rotatable bonds is 9. The van der Waals surface area contributed by atoms with Crippen molar-refractivity contribution in [2.24, 2.45) is 5.92 Å². The van der Waals surface area contributed by atoms with Crippen molar-refractivity contribution in [2.75, 3.05) is 19.7 Å². The first-order valence-corrected chi connectivity index (χ1v) is 12.1. The Balaban J connectivity index is 1.28. The maximum Gasteiger partial charge on any atom is 0.273 e. The fraction of sp³-hybridized carbons (Fsp3) is 0.407. The van der Waals surface area contributed by atoms with Crippen molar-refractivity contribution in [1.29, 1.82) is 0 Å². The second kappa shape index (κ2) is 11.6. The highest BCUT2D eigenvalue weighted by Crippen LogP contribution is 2.23. The number of likely N-dealkylation sites (tertiary alicyclic amines) is 1. The summed E-state index contributed by atoms with van der Waals surface area (Å²) in [5, 5.41) is 8.30. The largest absolute Gasteiger partial charge is 0.494 e. The van der Waals surface area contributed by atoms with E-state index in [2.05, 4.69) is 39.4 Å². The number of nitrogens with one attached hydrogen (secondary N) is 1. The van der Waals surface area contributed by atoms with Gasteiger partial charge in [-0.05, 0) is 49.3 Å². The van der Waals surface area contributed by atoms with E-state index in [-0.39, 0.29) is 30.0 Å². The summed E-state index contributed by atoms with van der Waals surface area (Å²) in [7, 11) is 0. The molecule has 0 spiro atoms. The van der Waals surface area contributed by atoms with Gasteiger partial charge in [0.25, 0.3) is 5.56 Å². The third-order valence-electron chi connectivity index (χ3n) is 6.26. The van der Waals surface area contributed by atoms with Gasteiger partial charge in [0.05, 0.1) is 6.61 Å². The molecular weight excluding hydrogens is 428 g/mol. The Morgan fingerprint density at radius 2 is 1.88 bits per heavy atom. The maximum absolute atomic E-state index is 12.7. The molecule has 2 heterocycles. The summed E-state index contributed by atoms with van der Waals surface area (Å²) in [6.07, 6.45) is 4.55. The molecule has 0 saturated carbocycles. The van der Waals surface area contributed by atoms with Gasteiger partial charge in [-0.2, -0.15) is 0 Å². The Morgan fingerprint density at radius 3 is 2.62 bits per heavy atom. The number of carbonyl (C=O) groups is 1. The Kier molecular flexibility index (Phi) is 8.07. The van der Waals surface area contributed by atoms with Crippen LogP contribution in [0.25, 0.3) is 11.4 Å². The van der Waals surface area contributed by atoms with Crippen LogP contribution in [-0.2, 0) is 17.6 Å². The van der Waals surface area contributed by atoms with Crippen molar-refractivity contribution >= 4 is 5.91 Å². The number of benzene rings is 2. The first-order valence-electron chi connectivity index (χ1n) is 12.1. The van der Waals surface area contributed by atoms with Gasteiger partial charge in [-0.1, -0.05) is 49.4 Å². The van der Waals surface area contributed by atoms with Gasteiger partial charge in [-0.3, -0.25) is 9.59 Å². The molecule has 34 heavy (non-hydrogen) atoms. The highest BCUT2D eigenvalue weighted by atomic mass is 16.5. The van der Waals surface area contributed by atoms with Crippen molar-refractivity contribution in [3.63, 3.8) is 0 Å². The van der Waals surface area contributed by atoms with Crippen LogP contribution in [0.15, 0.2) is 59.4 Å². The van der Waals surface area contributed by atoms with E-state index in [9.17, 15) is 9.59 Å². The third kappa shape index (κ3) is 6.31. The lowest BCUT2D eigenvalue weighted by Gasteiger charge is -2.32. The Morgan fingerprint density at radius 1 is 1.09 bits per heavy atom. The van der Waals surface area contributed by atoms with Crippen LogP contribution in [-0.4, -0.2) is 45.7 Å². The smallest absolute Gasteiger partial charge is 0.273 e. The van der Waals surface area contributed by atoms with Gasteiger partial charge in [-0.15, -0.1) is 10.2 Å². The van der Waals surface area contributed by atoms with Crippen molar-refractivity contribution in [1.82, 2.24) is 20.1 Å². The van der Waals surface area contributed by atoms with Gasteiger partial charge in [0, 0.05) is 31.5 Å². The summed E-state index contributed by atoms with van der Waals surface area (Å²) >= 11 is 0. The normalized spacial score (nSPS) is 14.2. The standard InChI is InChI=1S/C27H32N4O3/c1-2-17-34-23-10-6-9-22(19-23)26-28-27(33)24(29-30-26)11-12-25(32)31-15-13-21(14-16-31)18-20-7-4-3-5-8-20/h3-10,19,21H,2,11-18H2,1H3,(H,28,30,33). The number of amides is 1. The lowest BCUT2D eigenvalue weighted by atomic mass is 9.90. The maximum atomic E-state index is 12.7. The van der Waals surface area contributed by atoms with Gasteiger partial charge >= 0.3 is 0 Å². The van der Waals surface area contributed by atoms with Crippen LogP contribution < -0.4 is 10.3 Å². The number of aromatic nitrogens is 3. The van der Waals surface area contributed by atoms with Crippen LogP contribution in [0.3, 0.4) is 0 Å². The zero-order valence-electron chi connectivity index (χ0n) is 19.7. The number of hydrogen-bond donors (Lipinski definition) is 1. The van der Waals surface area contributed by atoms with E-state index in [0.717, 1.165) is 50.1 Å². The lowest BCUT2D eigenvalue weighted by molar-refractivity contribution is -0.132. The summed E-state index contributed by atoms with van der Waals surface area (Å²) in [6.45, 7) is 4.22. The zero-order valence-corrected chi connectivity index (χ0v) is 19.7. The van der Waals surface area contributed by atoms with E-state index in [1.165, 1.54) is 5.56 Å². The summed E-state index contributed by atoms with van der Waals surface area (Å²) in [5.74, 6) is 1.80. The van der Waals surface area contributed by atoms with Gasteiger partial charge in [-0.25, -0.2) is 0 Å². The topological polar surface area (TPSA) is 88.2 Å². The van der Waals surface area contributed by atoms with Crippen LogP contribution in [0, 0.1) is 5.92 Å². The molecule has 3 aromatic rings. The zero-order chi connectivity index (χ0) is 23.8. The fourth-order valence-corrected chi connectivity index (χ4v) is 4.32. The van der Waals surface area contributed by atoms with Crippen molar-refractivity contribution in [2.45, 2.75) is 45.4 Å². The predicted molar refractivity (Wildman–Crippen MR) is 132 cm³/mol. The van der Waals surface area contributed by atoms with E-state index in [1.54, 1.807) is 0 Å². The van der Waals surface area contributed by atoms with Crippen molar-refractivity contribution < 1.29 is 9.53 Å². The van der Waals surface area contributed by atoms with Crippen molar-refractivity contribution in [3.8, 4) is 17.1 Å². The highest BCUT2D eigenvalue weighted by Gasteiger charge is 2.23. The summed E-state index contributed by atoms with van der Waals surface area (Å²) in [6, 6.07) is 17.9. The first-order chi connectivity index (χ1) is 16.6. The summed E-state index contributed by atoms with van der Waals surface area (Å²) < 4.78 is 5.65. The second-order valence-electron chi connectivity index (χ2n) is 8.84. The minimum Gasteiger partial charge on any atom is -0.494 e. The Bertz CT molecular complexity index is 1140. The Hall–Kier alpha value is -3.48. The van der Waals surface area contributed by atoms with E-state index in [4.69, 9.17) is 4.74 Å². The molecule has 2 aromatic carbocycles. The molecule has 1 saturated heterocycles. The number of nitrogens with zero attached hydrogens (tertiary/aromatic N) is 3. The van der Waals surface area contributed by atoms with Crippen LogP contribution in [0.5, 0.6) is 5.75 Å². The van der Waals surface area contributed by atoms with Crippen LogP contribution in [0.2, 0.25) is 0 Å². The van der Waals surface area contributed by atoms with Crippen LogP contribution in [0.4, 0.5) is 0 Å². The Labute approximate surface area is 200 Å². The van der Waals surface area contributed by atoms with Crippen LogP contribution >= 0.6 is 0 Å². The lowest BCUT2D eigenvalue weighted by Crippen LogP contribution is -2.39. The SMILES string of the molecule is CCCOc1cccc(-c2nnc(CCC(=O)N3CCC(Cc4ccccc4)CC3)c(=O)[nH]2)c1. The molecule has 0 bridgehead atoms. The molecule has 7 nitrogen and oxygen atoms in total. The number of aromatic amines is 1. The molecule has 1 fully saturated rings. The molecule has 1 aliphatic heterocycles. The summed E-state index contributed by atoms with van der Waals surface area (Å²) in [5.41, 5.74) is 2.07. The molecule has 178 valence electrons. The van der Waals surface area contributed by atoms with E-state index in [1.807, 2.05) is 42.2 Å². The molecule has 0 atom stereocenters. The number of aryl methyl sites for hydroxylation is 1. The molecule has 4 rings (SSSR count). The molecule has 0 aliphatic carbocycles. The van der Waals surface area contributed by atoms with E-state index < -0.39 is 0 Å². The quantitative estimate of drug-likeness (QED) is 0.521. The third-order valence-corrected chi connectivity index (χ3v) is 6.26. The molecule has 1 aromatic heterocycles. The number of hydrogen-bond acceptors (Lipinski definition) is 5. The molecule has 0 radical (unpaired) electrons. The predicted octanol–water partition coefficient (Wildman–Crippen LogP) is 4.03. The molecule has 1 N–H and O–H groups in total. The molecular formula is C27H32N4O3. The average molecular weight is 461 g/mol. The molecule has 0 unspecified atom stereocenters. The minimum atomic E-state index is -0.306. The second-order valence-corrected chi connectivity index (χ2v) is 8.84.